The van der Waals surface area contributed by atoms with Gasteiger partial charge in [-0.2, -0.15) is 0 Å². The third-order valence-electron chi connectivity index (χ3n) is 2.80. The molecule has 0 amide bonds. The zero-order valence-corrected chi connectivity index (χ0v) is 10.0. The second-order valence-electron chi connectivity index (χ2n) is 3.83. The standard InChI is InChI=1S/C12H5NO5.C2H2/c14-11-8-3-1-2-6-4-7(13(16)17)5-9(10(6)8)12(15)18-11;1-2/h1-5H;1-2H. The Balaban J connectivity index is 0.000000704. The van der Waals surface area contributed by atoms with Crippen molar-refractivity contribution in [3.63, 3.8) is 0 Å². The van der Waals surface area contributed by atoms with Gasteiger partial charge in [0.15, 0.2) is 0 Å². The van der Waals surface area contributed by atoms with Crippen LogP contribution in [0.3, 0.4) is 0 Å². The molecule has 0 atom stereocenters. The predicted octanol–water partition coefficient (Wildman–Crippen LogP) is 2.31. The molecular weight excluding hydrogens is 262 g/mol. The van der Waals surface area contributed by atoms with Crippen LogP contribution in [0.25, 0.3) is 10.8 Å². The van der Waals surface area contributed by atoms with E-state index in [9.17, 15) is 19.7 Å². The Hall–Kier alpha value is -3.20. The molecule has 1 heterocycles. The normalized spacial score (nSPS) is 12.3. The third kappa shape index (κ3) is 1.87. The minimum absolute atomic E-state index is 0.0504. The first-order valence-corrected chi connectivity index (χ1v) is 5.39. The van der Waals surface area contributed by atoms with E-state index in [2.05, 4.69) is 17.6 Å². The van der Waals surface area contributed by atoms with Gasteiger partial charge < -0.3 is 4.74 Å². The number of carbonyl (C=O) groups is 2. The van der Waals surface area contributed by atoms with Crippen molar-refractivity contribution in [1.82, 2.24) is 0 Å². The number of esters is 2. The molecule has 20 heavy (non-hydrogen) atoms. The third-order valence-corrected chi connectivity index (χ3v) is 2.80. The summed E-state index contributed by atoms with van der Waals surface area (Å²) in [4.78, 5) is 33.3. The lowest BCUT2D eigenvalue weighted by atomic mass is 9.96. The number of carbonyl (C=O) groups excluding carboxylic acids is 2. The highest BCUT2D eigenvalue weighted by Gasteiger charge is 2.29. The second-order valence-corrected chi connectivity index (χ2v) is 3.83. The Morgan fingerprint density at radius 1 is 1.05 bits per heavy atom. The Bertz CT molecular complexity index is 776. The average molecular weight is 269 g/mol. The molecule has 2 aromatic rings. The molecule has 1 aliphatic heterocycles. The molecule has 2 aromatic carbocycles. The molecular formula is C14H7NO5. The van der Waals surface area contributed by atoms with E-state index in [1.54, 1.807) is 12.1 Å². The van der Waals surface area contributed by atoms with Gasteiger partial charge in [-0.05, 0) is 11.5 Å². The van der Waals surface area contributed by atoms with E-state index in [0.717, 1.165) is 6.07 Å². The Labute approximate surface area is 113 Å². The molecule has 0 saturated heterocycles. The lowest BCUT2D eigenvalue weighted by Crippen LogP contribution is -2.19. The van der Waals surface area contributed by atoms with Crippen molar-refractivity contribution in [2.75, 3.05) is 0 Å². The molecule has 0 bridgehead atoms. The van der Waals surface area contributed by atoms with Gasteiger partial charge in [0.25, 0.3) is 5.69 Å². The number of nitro groups is 1. The quantitative estimate of drug-likeness (QED) is 0.260. The molecule has 6 nitrogen and oxygen atoms in total. The minimum Gasteiger partial charge on any atom is -0.386 e. The van der Waals surface area contributed by atoms with Crippen molar-refractivity contribution >= 4 is 28.4 Å². The summed E-state index contributed by atoms with van der Waals surface area (Å²) in [6.07, 6.45) is 8.00. The van der Waals surface area contributed by atoms with E-state index < -0.39 is 16.9 Å². The maximum Gasteiger partial charge on any atom is 0.346 e. The fourth-order valence-corrected chi connectivity index (χ4v) is 2.04. The van der Waals surface area contributed by atoms with Crippen LogP contribution in [0.15, 0.2) is 30.3 Å². The number of nitrogens with zero attached hydrogens (tertiary/aromatic N) is 1. The summed E-state index contributed by atoms with van der Waals surface area (Å²) in [5, 5.41) is 11.7. The SMILES string of the molecule is C#C.O=C1OC(=O)c2cc([N+](=O)[O-])cc3cccc1c23. The van der Waals surface area contributed by atoms with E-state index in [1.807, 2.05) is 0 Å². The molecule has 1 aliphatic rings. The van der Waals surface area contributed by atoms with Crippen LogP contribution in [-0.2, 0) is 4.74 Å². The van der Waals surface area contributed by atoms with E-state index in [1.165, 1.54) is 12.1 Å². The van der Waals surface area contributed by atoms with E-state index in [4.69, 9.17) is 0 Å². The molecule has 0 unspecified atom stereocenters. The molecule has 98 valence electrons. The summed E-state index contributed by atoms with van der Waals surface area (Å²) in [5.74, 6) is -1.58. The summed E-state index contributed by atoms with van der Waals surface area (Å²) in [6.45, 7) is 0. The first-order valence-electron chi connectivity index (χ1n) is 5.39. The van der Waals surface area contributed by atoms with Gasteiger partial charge in [0.1, 0.15) is 0 Å². The highest BCUT2D eigenvalue weighted by molar-refractivity contribution is 6.21. The van der Waals surface area contributed by atoms with Crippen molar-refractivity contribution < 1.29 is 19.2 Å². The molecule has 3 rings (SSSR count). The number of terminal acetylenes is 1. The van der Waals surface area contributed by atoms with Crippen LogP contribution in [-0.4, -0.2) is 16.9 Å². The van der Waals surface area contributed by atoms with Gasteiger partial charge in [0.05, 0.1) is 16.1 Å². The minimum atomic E-state index is -0.854. The van der Waals surface area contributed by atoms with E-state index >= 15 is 0 Å². The number of non-ortho nitro benzene ring substituents is 1. The van der Waals surface area contributed by atoms with Crippen LogP contribution < -0.4 is 0 Å². The number of benzene rings is 2. The summed E-state index contributed by atoms with van der Waals surface area (Å²) >= 11 is 0. The number of rotatable bonds is 1. The van der Waals surface area contributed by atoms with Gasteiger partial charge in [-0.25, -0.2) is 9.59 Å². The summed E-state index contributed by atoms with van der Waals surface area (Å²) in [5.41, 5.74) is 0.0901. The summed E-state index contributed by atoms with van der Waals surface area (Å²) in [6, 6.07) is 7.17. The van der Waals surface area contributed by atoms with Crippen molar-refractivity contribution in [3.8, 4) is 12.8 Å². The van der Waals surface area contributed by atoms with Gasteiger partial charge in [-0.3, -0.25) is 10.1 Å². The lowest BCUT2D eigenvalue weighted by molar-refractivity contribution is -0.384. The lowest BCUT2D eigenvalue weighted by Gasteiger charge is -2.14. The molecule has 0 radical (unpaired) electrons. The topological polar surface area (TPSA) is 86.5 Å². The van der Waals surface area contributed by atoms with Crippen molar-refractivity contribution in [1.29, 1.82) is 0 Å². The second kappa shape index (κ2) is 4.82. The number of ether oxygens (including phenoxy) is 1. The smallest absolute Gasteiger partial charge is 0.346 e. The summed E-state index contributed by atoms with van der Waals surface area (Å²) in [7, 11) is 0. The van der Waals surface area contributed by atoms with E-state index in [-0.39, 0.29) is 16.8 Å². The zero-order valence-electron chi connectivity index (χ0n) is 10.0. The highest BCUT2D eigenvalue weighted by Crippen LogP contribution is 2.32. The van der Waals surface area contributed by atoms with Crippen molar-refractivity contribution in [2.45, 2.75) is 0 Å². The Morgan fingerprint density at radius 3 is 2.35 bits per heavy atom. The van der Waals surface area contributed by atoms with Crippen LogP contribution >= 0.6 is 0 Å². The fourth-order valence-electron chi connectivity index (χ4n) is 2.04. The maximum absolute atomic E-state index is 11.6. The number of nitro benzene ring substituents is 1. The first-order chi connectivity index (χ1) is 9.58. The van der Waals surface area contributed by atoms with Gasteiger partial charge in [0.2, 0.25) is 0 Å². The van der Waals surface area contributed by atoms with Crippen LogP contribution in [0.1, 0.15) is 20.7 Å². The van der Waals surface area contributed by atoms with Crippen LogP contribution in [0, 0.1) is 23.0 Å². The fraction of sp³-hybridized carbons (Fsp3) is 0. The molecule has 0 aliphatic carbocycles. The van der Waals surface area contributed by atoms with Gasteiger partial charge in [0, 0.05) is 17.5 Å². The molecule has 0 aromatic heterocycles. The Morgan fingerprint density at radius 2 is 1.70 bits per heavy atom. The molecule has 0 fully saturated rings. The number of cyclic esters (lactones) is 2. The van der Waals surface area contributed by atoms with Crippen LogP contribution in [0.2, 0.25) is 0 Å². The number of hydrogen-bond acceptors (Lipinski definition) is 5. The molecule has 0 N–H and O–H groups in total. The van der Waals surface area contributed by atoms with Gasteiger partial charge in [-0.1, -0.05) is 12.1 Å². The maximum atomic E-state index is 11.6. The molecule has 6 heteroatoms. The first kappa shape index (κ1) is 13.2. The number of hydrogen-bond donors (Lipinski definition) is 0. The summed E-state index contributed by atoms with van der Waals surface area (Å²) < 4.78 is 4.54. The Kier molecular flexibility index (Phi) is 3.19. The average Bonchev–Trinajstić information content (AvgIpc) is 2.46. The largest absolute Gasteiger partial charge is 0.386 e. The van der Waals surface area contributed by atoms with Crippen molar-refractivity contribution in [3.05, 3.63) is 51.6 Å². The van der Waals surface area contributed by atoms with Crippen LogP contribution in [0.4, 0.5) is 5.69 Å². The monoisotopic (exact) mass is 269 g/mol. The van der Waals surface area contributed by atoms with Gasteiger partial charge in [-0.15, -0.1) is 12.8 Å². The van der Waals surface area contributed by atoms with Gasteiger partial charge >= 0.3 is 11.9 Å². The van der Waals surface area contributed by atoms with Crippen LogP contribution in [0.5, 0.6) is 0 Å². The molecule has 0 saturated carbocycles. The zero-order chi connectivity index (χ0) is 14.9. The predicted molar refractivity (Wildman–Crippen MR) is 70.2 cm³/mol. The van der Waals surface area contributed by atoms with E-state index in [0.29, 0.717) is 10.8 Å². The highest BCUT2D eigenvalue weighted by atomic mass is 16.6. The van der Waals surface area contributed by atoms with Crippen molar-refractivity contribution in [2.24, 2.45) is 0 Å². The molecule has 0 spiro atoms.